The van der Waals surface area contributed by atoms with Crippen LogP contribution in [0.1, 0.15) is 40.0 Å². The van der Waals surface area contributed by atoms with Crippen LogP contribution in [0, 0.1) is 5.92 Å². The van der Waals surface area contributed by atoms with Gasteiger partial charge in [0.1, 0.15) is 5.78 Å². The molecule has 2 nitrogen and oxygen atoms in total. The number of nitrogens with zero attached hydrogens (tertiary/aromatic N) is 1. The van der Waals surface area contributed by atoms with E-state index < -0.39 is 0 Å². The van der Waals surface area contributed by atoms with Crippen molar-refractivity contribution in [2.45, 2.75) is 46.1 Å². The van der Waals surface area contributed by atoms with E-state index in [0.717, 1.165) is 19.5 Å². The third-order valence-corrected chi connectivity index (χ3v) is 2.68. The molecular formula is C11H21NO. The highest BCUT2D eigenvalue weighted by molar-refractivity contribution is 5.81. The maximum atomic E-state index is 11.3. The Labute approximate surface area is 81.3 Å². The van der Waals surface area contributed by atoms with E-state index in [2.05, 4.69) is 18.7 Å². The second kappa shape index (κ2) is 4.75. The average Bonchev–Trinajstić information content (AvgIpc) is 2.03. The normalized spacial score (nSPS) is 25.1. The third-order valence-electron chi connectivity index (χ3n) is 2.68. The Morgan fingerprint density at radius 2 is 2.15 bits per heavy atom. The maximum absolute atomic E-state index is 11.3. The number of piperidine rings is 1. The SMILES string of the molecule is CC(=O)C1CCCCN1CC(C)C. The maximum Gasteiger partial charge on any atom is 0.146 e. The second-order valence-electron chi connectivity index (χ2n) is 4.51. The van der Waals surface area contributed by atoms with E-state index >= 15 is 0 Å². The number of carbonyl (C=O) groups excluding carboxylic acids is 1. The molecule has 1 aliphatic heterocycles. The number of carbonyl (C=O) groups is 1. The fraction of sp³-hybridized carbons (Fsp3) is 0.909. The van der Waals surface area contributed by atoms with Gasteiger partial charge in [-0.3, -0.25) is 9.69 Å². The fourth-order valence-corrected chi connectivity index (χ4v) is 2.14. The first-order valence-electron chi connectivity index (χ1n) is 5.35. The highest BCUT2D eigenvalue weighted by Crippen LogP contribution is 2.18. The summed E-state index contributed by atoms with van der Waals surface area (Å²) in [7, 11) is 0. The van der Waals surface area contributed by atoms with E-state index in [4.69, 9.17) is 0 Å². The van der Waals surface area contributed by atoms with Gasteiger partial charge in [-0.15, -0.1) is 0 Å². The molecule has 0 saturated carbocycles. The van der Waals surface area contributed by atoms with E-state index in [1.807, 2.05) is 0 Å². The van der Waals surface area contributed by atoms with Gasteiger partial charge in [0.2, 0.25) is 0 Å². The minimum Gasteiger partial charge on any atom is -0.298 e. The summed E-state index contributed by atoms with van der Waals surface area (Å²) < 4.78 is 0. The highest BCUT2D eigenvalue weighted by atomic mass is 16.1. The molecule has 1 atom stereocenters. The second-order valence-corrected chi connectivity index (χ2v) is 4.51. The Bertz CT molecular complexity index is 177. The topological polar surface area (TPSA) is 20.3 Å². The van der Waals surface area contributed by atoms with Crippen LogP contribution in [0.5, 0.6) is 0 Å². The number of hydrogen-bond acceptors (Lipinski definition) is 2. The van der Waals surface area contributed by atoms with E-state index in [0.29, 0.717) is 11.7 Å². The van der Waals surface area contributed by atoms with Crippen molar-refractivity contribution >= 4 is 5.78 Å². The van der Waals surface area contributed by atoms with E-state index in [1.165, 1.54) is 12.8 Å². The molecule has 2 heteroatoms. The summed E-state index contributed by atoms with van der Waals surface area (Å²) in [5.74, 6) is 1.01. The molecule has 0 aromatic rings. The predicted molar refractivity (Wildman–Crippen MR) is 54.7 cm³/mol. The lowest BCUT2D eigenvalue weighted by molar-refractivity contribution is -0.123. The molecule has 0 aromatic heterocycles. The van der Waals surface area contributed by atoms with Crippen LogP contribution in [-0.4, -0.2) is 29.8 Å². The summed E-state index contributed by atoms with van der Waals surface area (Å²) in [5, 5.41) is 0. The van der Waals surface area contributed by atoms with Gasteiger partial charge in [-0.25, -0.2) is 0 Å². The van der Waals surface area contributed by atoms with Crippen molar-refractivity contribution in [1.82, 2.24) is 4.90 Å². The zero-order valence-electron chi connectivity index (χ0n) is 9.05. The third kappa shape index (κ3) is 3.11. The van der Waals surface area contributed by atoms with Gasteiger partial charge in [-0.1, -0.05) is 20.3 Å². The first-order valence-corrected chi connectivity index (χ1v) is 5.35. The Balaban J connectivity index is 2.51. The summed E-state index contributed by atoms with van der Waals surface area (Å²) in [6, 6.07) is 0.219. The van der Waals surface area contributed by atoms with Crippen LogP contribution >= 0.6 is 0 Å². The van der Waals surface area contributed by atoms with Crippen molar-refractivity contribution in [2.24, 2.45) is 5.92 Å². The quantitative estimate of drug-likeness (QED) is 0.667. The van der Waals surface area contributed by atoms with Gasteiger partial charge in [-0.2, -0.15) is 0 Å². The predicted octanol–water partition coefficient (Wildman–Crippen LogP) is 2.09. The molecule has 0 aliphatic carbocycles. The summed E-state index contributed by atoms with van der Waals surface area (Å²) in [5.41, 5.74) is 0. The van der Waals surface area contributed by atoms with Crippen molar-refractivity contribution < 1.29 is 4.79 Å². The monoisotopic (exact) mass is 183 g/mol. The molecule has 1 heterocycles. The molecule has 0 aromatic carbocycles. The van der Waals surface area contributed by atoms with Gasteiger partial charge in [0.15, 0.2) is 0 Å². The number of likely N-dealkylation sites (tertiary alicyclic amines) is 1. The zero-order chi connectivity index (χ0) is 9.84. The lowest BCUT2D eigenvalue weighted by atomic mass is 9.98. The van der Waals surface area contributed by atoms with E-state index in [-0.39, 0.29) is 6.04 Å². The molecule has 0 amide bonds. The molecule has 1 rings (SSSR count). The molecule has 0 spiro atoms. The van der Waals surface area contributed by atoms with Gasteiger partial charge in [0, 0.05) is 6.54 Å². The smallest absolute Gasteiger partial charge is 0.146 e. The summed E-state index contributed by atoms with van der Waals surface area (Å²) in [6.07, 6.45) is 3.55. The molecule has 1 unspecified atom stereocenters. The Morgan fingerprint density at radius 1 is 1.46 bits per heavy atom. The number of ketones is 1. The van der Waals surface area contributed by atoms with Gasteiger partial charge >= 0.3 is 0 Å². The molecule has 0 bridgehead atoms. The largest absolute Gasteiger partial charge is 0.298 e. The van der Waals surface area contributed by atoms with Crippen molar-refractivity contribution in [3.63, 3.8) is 0 Å². The number of rotatable bonds is 3. The fourth-order valence-electron chi connectivity index (χ4n) is 2.14. The van der Waals surface area contributed by atoms with Crippen LogP contribution in [0.3, 0.4) is 0 Å². The van der Waals surface area contributed by atoms with Crippen molar-refractivity contribution in [2.75, 3.05) is 13.1 Å². The Kier molecular flexibility index (Phi) is 3.91. The number of hydrogen-bond donors (Lipinski definition) is 0. The van der Waals surface area contributed by atoms with Gasteiger partial charge in [-0.05, 0) is 32.2 Å². The Hall–Kier alpha value is -0.370. The minimum atomic E-state index is 0.219. The molecule has 0 radical (unpaired) electrons. The zero-order valence-corrected chi connectivity index (χ0v) is 9.05. The van der Waals surface area contributed by atoms with Crippen molar-refractivity contribution in [1.29, 1.82) is 0 Å². The Morgan fingerprint density at radius 3 is 2.69 bits per heavy atom. The number of Topliss-reactive ketones (excluding diaryl/α,β-unsaturated/α-hetero) is 1. The summed E-state index contributed by atoms with van der Waals surface area (Å²) >= 11 is 0. The van der Waals surface area contributed by atoms with Crippen LogP contribution in [0.25, 0.3) is 0 Å². The molecule has 1 aliphatic rings. The van der Waals surface area contributed by atoms with Crippen LogP contribution < -0.4 is 0 Å². The molecular weight excluding hydrogens is 162 g/mol. The van der Waals surface area contributed by atoms with E-state index in [9.17, 15) is 4.79 Å². The lowest BCUT2D eigenvalue weighted by Crippen LogP contribution is -2.45. The first kappa shape index (κ1) is 10.7. The summed E-state index contributed by atoms with van der Waals surface area (Å²) in [4.78, 5) is 13.7. The van der Waals surface area contributed by atoms with Crippen LogP contribution in [0.4, 0.5) is 0 Å². The standard InChI is InChI=1S/C11H21NO/c1-9(2)8-12-7-5-4-6-11(12)10(3)13/h9,11H,4-8H2,1-3H3. The average molecular weight is 183 g/mol. The van der Waals surface area contributed by atoms with E-state index in [1.54, 1.807) is 6.92 Å². The van der Waals surface area contributed by atoms with Crippen LogP contribution in [-0.2, 0) is 4.79 Å². The molecule has 1 saturated heterocycles. The van der Waals surface area contributed by atoms with Gasteiger partial charge in [0.05, 0.1) is 6.04 Å². The minimum absolute atomic E-state index is 0.219. The molecule has 0 N–H and O–H groups in total. The molecule has 1 fully saturated rings. The van der Waals surface area contributed by atoms with Crippen LogP contribution in [0.2, 0.25) is 0 Å². The summed E-state index contributed by atoms with van der Waals surface area (Å²) in [6.45, 7) is 8.34. The lowest BCUT2D eigenvalue weighted by Gasteiger charge is -2.35. The van der Waals surface area contributed by atoms with Crippen molar-refractivity contribution in [3.8, 4) is 0 Å². The van der Waals surface area contributed by atoms with Crippen molar-refractivity contribution in [3.05, 3.63) is 0 Å². The molecule has 13 heavy (non-hydrogen) atoms. The van der Waals surface area contributed by atoms with Gasteiger partial charge in [0.25, 0.3) is 0 Å². The van der Waals surface area contributed by atoms with Crippen LogP contribution in [0.15, 0.2) is 0 Å². The van der Waals surface area contributed by atoms with Gasteiger partial charge < -0.3 is 0 Å². The first-order chi connectivity index (χ1) is 6.11. The molecule has 76 valence electrons. The highest BCUT2D eigenvalue weighted by Gasteiger charge is 2.25.